The maximum atomic E-state index is 13.9. The minimum Gasteiger partial charge on any atom is -0.310 e. The zero-order valence-electron chi connectivity index (χ0n) is 16.0. The van der Waals surface area contributed by atoms with Gasteiger partial charge in [-0.05, 0) is 28.2 Å². The van der Waals surface area contributed by atoms with Crippen molar-refractivity contribution in [2.75, 3.05) is 0 Å². The molecule has 0 aliphatic rings. The van der Waals surface area contributed by atoms with E-state index in [0.29, 0.717) is 21.6 Å². The van der Waals surface area contributed by atoms with Gasteiger partial charge in [0.25, 0.3) is 5.56 Å². The fourth-order valence-corrected chi connectivity index (χ4v) is 4.23. The van der Waals surface area contributed by atoms with E-state index in [1.807, 2.05) is 5.38 Å². The van der Waals surface area contributed by atoms with Crippen LogP contribution in [0, 0.1) is 5.82 Å². The lowest BCUT2D eigenvalue weighted by Crippen LogP contribution is -2.12. The summed E-state index contributed by atoms with van der Waals surface area (Å²) in [5.74, 6) is 0.176. The Morgan fingerprint density at radius 2 is 1.79 bits per heavy atom. The molecule has 0 saturated carbocycles. The predicted molar refractivity (Wildman–Crippen MR) is 114 cm³/mol. The molecule has 142 valence electrons. The number of thiophene rings is 1. The fourth-order valence-electron chi connectivity index (χ4n) is 3.26. The van der Waals surface area contributed by atoms with E-state index in [2.05, 4.69) is 55.0 Å². The summed E-state index contributed by atoms with van der Waals surface area (Å²) >= 11 is 1.44. The number of nitrogens with zero attached hydrogens (tertiary/aromatic N) is 1. The van der Waals surface area contributed by atoms with Crippen LogP contribution in [-0.2, 0) is 11.8 Å². The Hall–Kier alpha value is -2.79. The zero-order valence-corrected chi connectivity index (χ0v) is 16.9. The maximum absolute atomic E-state index is 13.9. The minimum atomic E-state index is -0.295. The number of fused-ring (bicyclic) bond motifs is 1. The number of rotatable bonds is 3. The number of hydrogen-bond donors (Lipinski definition) is 1. The van der Waals surface area contributed by atoms with Crippen molar-refractivity contribution in [3.8, 4) is 11.1 Å². The summed E-state index contributed by atoms with van der Waals surface area (Å²) in [5.41, 5.74) is 3.53. The van der Waals surface area contributed by atoms with Gasteiger partial charge in [0.15, 0.2) is 0 Å². The molecule has 3 nitrogen and oxygen atoms in total. The highest BCUT2D eigenvalue weighted by molar-refractivity contribution is 7.17. The maximum Gasteiger partial charge on any atom is 0.260 e. The molecule has 5 heteroatoms. The Bertz CT molecular complexity index is 1200. The van der Waals surface area contributed by atoms with E-state index >= 15 is 0 Å². The van der Waals surface area contributed by atoms with Gasteiger partial charge in [0, 0.05) is 17.4 Å². The van der Waals surface area contributed by atoms with Crippen LogP contribution in [0.15, 0.2) is 58.7 Å². The molecular formula is C23H21FN2OS. The lowest BCUT2D eigenvalue weighted by Gasteiger charge is -2.19. The van der Waals surface area contributed by atoms with Crippen molar-refractivity contribution >= 4 is 21.6 Å². The second-order valence-corrected chi connectivity index (χ2v) is 8.80. The van der Waals surface area contributed by atoms with Crippen LogP contribution in [0.1, 0.15) is 37.7 Å². The summed E-state index contributed by atoms with van der Waals surface area (Å²) in [5, 5.41) is 2.55. The van der Waals surface area contributed by atoms with Crippen LogP contribution in [0.3, 0.4) is 0 Å². The van der Waals surface area contributed by atoms with E-state index in [9.17, 15) is 9.18 Å². The molecule has 0 atom stereocenters. The van der Waals surface area contributed by atoms with Gasteiger partial charge in [-0.2, -0.15) is 0 Å². The lowest BCUT2D eigenvalue weighted by molar-refractivity contribution is 0.590. The van der Waals surface area contributed by atoms with Crippen LogP contribution in [-0.4, -0.2) is 9.97 Å². The van der Waals surface area contributed by atoms with E-state index in [0.717, 1.165) is 11.1 Å². The molecule has 0 bridgehead atoms. The standard InChI is InChI=1S/C23H21FN2OS/c1-23(2,3)16-10-8-14(9-11-16)17-13-28-22-20(17)21(27)25-19(26-22)12-15-6-4-5-7-18(15)24/h4-11,13H,12H2,1-3H3,(H,25,26,27). The topological polar surface area (TPSA) is 45.8 Å². The van der Waals surface area contributed by atoms with Gasteiger partial charge in [0.1, 0.15) is 16.5 Å². The molecule has 0 saturated heterocycles. The van der Waals surface area contributed by atoms with Crippen molar-refractivity contribution in [3.05, 3.63) is 87.0 Å². The van der Waals surface area contributed by atoms with Crippen molar-refractivity contribution in [1.29, 1.82) is 0 Å². The highest BCUT2D eigenvalue weighted by Gasteiger charge is 2.16. The summed E-state index contributed by atoms with van der Waals surface area (Å²) < 4.78 is 13.9. The second-order valence-electron chi connectivity index (χ2n) is 7.94. The third kappa shape index (κ3) is 3.50. The quantitative estimate of drug-likeness (QED) is 0.488. The Morgan fingerprint density at radius 1 is 1.07 bits per heavy atom. The van der Waals surface area contributed by atoms with Crippen molar-refractivity contribution in [3.63, 3.8) is 0 Å². The van der Waals surface area contributed by atoms with Crippen molar-refractivity contribution in [2.45, 2.75) is 32.6 Å². The van der Waals surface area contributed by atoms with E-state index in [1.165, 1.54) is 23.0 Å². The molecule has 0 aliphatic heterocycles. The van der Waals surface area contributed by atoms with Gasteiger partial charge in [-0.15, -0.1) is 11.3 Å². The molecule has 2 aromatic carbocycles. The summed E-state index contributed by atoms with van der Waals surface area (Å²) in [4.78, 5) is 20.8. The molecule has 2 heterocycles. The van der Waals surface area contributed by atoms with Crippen LogP contribution >= 0.6 is 11.3 Å². The van der Waals surface area contributed by atoms with Gasteiger partial charge in [0.2, 0.25) is 0 Å². The normalized spacial score (nSPS) is 11.9. The minimum absolute atomic E-state index is 0.0793. The molecule has 2 aromatic heterocycles. The third-order valence-electron chi connectivity index (χ3n) is 4.87. The van der Waals surface area contributed by atoms with Crippen molar-refractivity contribution in [1.82, 2.24) is 9.97 Å². The van der Waals surface area contributed by atoms with Crippen LogP contribution < -0.4 is 5.56 Å². The van der Waals surface area contributed by atoms with Crippen molar-refractivity contribution in [2.24, 2.45) is 0 Å². The largest absolute Gasteiger partial charge is 0.310 e. The number of nitrogens with one attached hydrogen (secondary N) is 1. The van der Waals surface area contributed by atoms with Gasteiger partial charge in [0.05, 0.1) is 5.39 Å². The number of benzene rings is 2. The molecule has 0 unspecified atom stereocenters. The zero-order chi connectivity index (χ0) is 19.9. The van der Waals surface area contributed by atoms with Gasteiger partial charge in [-0.25, -0.2) is 9.37 Å². The monoisotopic (exact) mass is 392 g/mol. The Morgan fingerprint density at radius 3 is 2.46 bits per heavy atom. The first-order chi connectivity index (χ1) is 13.3. The number of aromatic amines is 1. The second kappa shape index (κ2) is 6.99. The van der Waals surface area contributed by atoms with Gasteiger partial charge < -0.3 is 4.98 Å². The summed E-state index contributed by atoms with van der Waals surface area (Å²) in [6.07, 6.45) is 0.255. The third-order valence-corrected chi connectivity index (χ3v) is 5.74. The number of halogens is 1. The fraction of sp³-hybridized carbons (Fsp3) is 0.217. The molecule has 4 rings (SSSR count). The predicted octanol–water partition coefficient (Wildman–Crippen LogP) is 5.68. The number of H-pyrrole nitrogens is 1. The van der Waals surface area contributed by atoms with Crippen LogP contribution in [0.2, 0.25) is 0 Å². The van der Waals surface area contributed by atoms with E-state index in [1.54, 1.807) is 18.2 Å². The molecule has 0 aliphatic carbocycles. The van der Waals surface area contributed by atoms with Gasteiger partial charge in [-0.1, -0.05) is 63.2 Å². The molecule has 1 N–H and O–H groups in total. The molecule has 0 fully saturated rings. The Balaban J connectivity index is 1.73. The summed E-state index contributed by atoms with van der Waals surface area (Å²) in [6.45, 7) is 6.52. The SMILES string of the molecule is CC(C)(C)c1ccc(-c2csc3nc(Cc4ccccc4F)[nH]c(=O)c23)cc1. The molecule has 4 aromatic rings. The van der Waals surface area contributed by atoms with Crippen LogP contribution in [0.25, 0.3) is 21.3 Å². The van der Waals surface area contributed by atoms with Crippen LogP contribution in [0.5, 0.6) is 0 Å². The van der Waals surface area contributed by atoms with E-state index in [4.69, 9.17) is 0 Å². The number of hydrogen-bond acceptors (Lipinski definition) is 3. The summed E-state index contributed by atoms with van der Waals surface area (Å²) in [6, 6.07) is 14.9. The summed E-state index contributed by atoms with van der Waals surface area (Å²) in [7, 11) is 0. The first-order valence-corrected chi connectivity index (χ1v) is 10.1. The molecule has 0 spiro atoms. The number of aromatic nitrogens is 2. The van der Waals surface area contributed by atoms with E-state index < -0.39 is 0 Å². The van der Waals surface area contributed by atoms with Crippen LogP contribution in [0.4, 0.5) is 4.39 Å². The highest BCUT2D eigenvalue weighted by atomic mass is 32.1. The highest BCUT2D eigenvalue weighted by Crippen LogP contribution is 2.32. The molecule has 0 amide bonds. The molecule has 0 radical (unpaired) electrons. The smallest absolute Gasteiger partial charge is 0.260 e. The first-order valence-electron chi connectivity index (χ1n) is 9.17. The average molecular weight is 392 g/mol. The van der Waals surface area contributed by atoms with E-state index in [-0.39, 0.29) is 23.2 Å². The van der Waals surface area contributed by atoms with Gasteiger partial charge in [-0.3, -0.25) is 4.79 Å². The lowest BCUT2D eigenvalue weighted by atomic mass is 9.86. The molecular weight excluding hydrogens is 371 g/mol. The Labute approximate surface area is 166 Å². The van der Waals surface area contributed by atoms with Crippen molar-refractivity contribution < 1.29 is 4.39 Å². The Kier molecular flexibility index (Phi) is 4.63. The van der Waals surface area contributed by atoms with Gasteiger partial charge >= 0.3 is 0 Å². The average Bonchev–Trinajstić information content (AvgIpc) is 3.08. The first kappa shape index (κ1) is 18.6. The molecule has 28 heavy (non-hydrogen) atoms.